The fourth-order valence-electron chi connectivity index (χ4n) is 3.33. The molecule has 176 valence electrons. The van der Waals surface area contributed by atoms with Crippen LogP contribution in [0, 0.1) is 29.1 Å². The summed E-state index contributed by atoms with van der Waals surface area (Å²) < 4.78 is 28.5. The summed E-state index contributed by atoms with van der Waals surface area (Å²) in [5, 5.41) is 8.91. The van der Waals surface area contributed by atoms with Crippen LogP contribution in [0.1, 0.15) is 37.4 Å². The lowest BCUT2D eigenvalue weighted by Crippen LogP contribution is -2.50. The van der Waals surface area contributed by atoms with E-state index in [0.717, 1.165) is 19.1 Å². The van der Waals surface area contributed by atoms with Gasteiger partial charge < -0.3 is 15.4 Å². The number of hydroxylamine groups is 1. The minimum absolute atomic E-state index is 0.000548. The molecule has 1 saturated carbocycles. The van der Waals surface area contributed by atoms with E-state index in [1.54, 1.807) is 12.3 Å². The Morgan fingerprint density at radius 2 is 2.06 bits per heavy atom. The number of amides is 3. The van der Waals surface area contributed by atoms with Gasteiger partial charge in [0.05, 0.1) is 12.0 Å². The third-order valence-corrected chi connectivity index (χ3v) is 7.96. The van der Waals surface area contributed by atoms with Gasteiger partial charge in [-0.05, 0) is 44.1 Å². The summed E-state index contributed by atoms with van der Waals surface area (Å²) in [4.78, 5) is 36.7. The van der Waals surface area contributed by atoms with Crippen molar-refractivity contribution in [2.45, 2.75) is 37.5 Å². The number of aromatic nitrogens is 1. The van der Waals surface area contributed by atoms with Gasteiger partial charge in [-0.2, -0.15) is 0 Å². The average molecular weight is 477 g/mol. The molecule has 1 aliphatic heterocycles. The van der Waals surface area contributed by atoms with E-state index >= 15 is 0 Å². The van der Waals surface area contributed by atoms with Crippen molar-refractivity contribution >= 4 is 27.9 Å². The van der Waals surface area contributed by atoms with Gasteiger partial charge in [0.1, 0.15) is 6.61 Å². The molecule has 0 saturated heterocycles. The number of primary amides is 1. The summed E-state index contributed by atoms with van der Waals surface area (Å²) >= 11 is 0. The second kappa shape index (κ2) is 8.81. The molecule has 0 radical (unpaired) electrons. The van der Waals surface area contributed by atoms with Crippen molar-refractivity contribution in [3.63, 3.8) is 0 Å². The number of carbonyl (C=O) groups excluding carboxylic acids is 3. The van der Waals surface area contributed by atoms with Crippen molar-refractivity contribution in [2.24, 2.45) is 11.1 Å². The first-order chi connectivity index (χ1) is 15.4. The first kappa shape index (κ1) is 24.2. The van der Waals surface area contributed by atoms with Gasteiger partial charge in [-0.25, -0.2) is 23.5 Å². The minimum atomic E-state index is -3.85. The molecule has 1 atom stereocenters. The van der Waals surface area contributed by atoms with Crippen molar-refractivity contribution < 1.29 is 32.7 Å². The quantitative estimate of drug-likeness (QED) is 0.288. The molecule has 11 nitrogen and oxygen atoms in total. The Balaban J connectivity index is 1.63. The van der Waals surface area contributed by atoms with E-state index in [9.17, 15) is 22.8 Å². The SMILES string of the molecule is CC(CCN1Cc2cc(C#CC#CC3(COC(N)=O)CC3)cn2C1=O)(C(=O)NO)S(C)(=O)=O. The molecule has 1 fully saturated rings. The predicted molar refractivity (Wildman–Crippen MR) is 115 cm³/mol. The summed E-state index contributed by atoms with van der Waals surface area (Å²) in [7, 11) is -3.85. The topological polar surface area (TPSA) is 161 Å². The van der Waals surface area contributed by atoms with Crippen molar-refractivity contribution in [1.82, 2.24) is 14.9 Å². The Bertz CT molecular complexity index is 1220. The second-order valence-corrected chi connectivity index (χ2v) is 10.8. The van der Waals surface area contributed by atoms with Crippen LogP contribution >= 0.6 is 0 Å². The third kappa shape index (κ3) is 5.13. The molecule has 12 heteroatoms. The van der Waals surface area contributed by atoms with Crippen molar-refractivity contribution in [3.05, 3.63) is 23.5 Å². The van der Waals surface area contributed by atoms with E-state index in [0.29, 0.717) is 11.3 Å². The van der Waals surface area contributed by atoms with Crippen LogP contribution in [0.3, 0.4) is 0 Å². The van der Waals surface area contributed by atoms with Gasteiger partial charge in [0.25, 0.3) is 5.91 Å². The molecule has 1 aromatic heterocycles. The van der Waals surface area contributed by atoms with Crippen LogP contribution in [0.25, 0.3) is 0 Å². The maximum Gasteiger partial charge on any atom is 0.404 e. The zero-order valence-corrected chi connectivity index (χ0v) is 19.0. The van der Waals surface area contributed by atoms with Gasteiger partial charge in [0, 0.05) is 30.3 Å². The summed E-state index contributed by atoms with van der Waals surface area (Å²) in [6.07, 6.45) is 3.05. The smallest absolute Gasteiger partial charge is 0.404 e. The van der Waals surface area contributed by atoms with Crippen LogP contribution in [0.5, 0.6) is 0 Å². The standard InChI is InChI=1S/C21H24N4O7S/c1-20(17(26)23-29,33(2,30)31)9-10-24-13-16-11-15(12-25(16)19(24)28)5-3-4-6-21(7-8-21)14-32-18(22)27/h11-12,29H,7-10,13-14H2,1-2H3,(H2,22,27)(H,23,26). The van der Waals surface area contributed by atoms with Crippen LogP contribution in [0.4, 0.5) is 9.59 Å². The largest absolute Gasteiger partial charge is 0.448 e. The fraction of sp³-hybridized carbons (Fsp3) is 0.476. The first-order valence-electron chi connectivity index (χ1n) is 10.0. The van der Waals surface area contributed by atoms with Crippen LogP contribution in [-0.2, 0) is 25.9 Å². The highest BCUT2D eigenvalue weighted by atomic mass is 32.2. The minimum Gasteiger partial charge on any atom is -0.448 e. The Kier molecular flexibility index (Phi) is 6.45. The van der Waals surface area contributed by atoms with Crippen LogP contribution in [0.2, 0.25) is 0 Å². The molecule has 2 aliphatic rings. The molecular formula is C21H24N4O7S. The van der Waals surface area contributed by atoms with Crippen LogP contribution in [-0.4, -0.2) is 65.3 Å². The summed E-state index contributed by atoms with van der Waals surface area (Å²) in [5.41, 5.74) is 7.23. The number of nitrogens with two attached hydrogens (primary N) is 1. The molecule has 33 heavy (non-hydrogen) atoms. The van der Waals surface area contributed by atoms with E-state index < -0.39 is 26.6 Å². The van der Waals surface area contributed by atoms with E-state index in [-0.39, 0.29) is 37.6 Å². The van der Waals surface area contributed by atoms with Gasteiger partial charge in [-0.15, -0.1) is 0 Å². The Labute approximate surface area is 191 Å². The van der Waals surface area contributed by atoms with Gasteiger partial charge in [-0.3, -0.25) is 14.6 Å². The number of ether oxygens (including phenoxy) is 1. The molecular weight excluding hydrogens is 452 g/mol. The van der Waals surface area contributed by atoms with Gasteiger partial charge in [0.2, 0.25) is 0 Å². The Hall–Kier alpha value is -3.48. The fourth-order valence-corrected chi connectivity index (χ4v) is 4.18. The van der Waals surface area contributed by atoms with Crippen molar-refractivity contribution in [3.8, 4) is 23.7 Å². The highest BCUT2D eigenvalue weighted by Crippen LogP contribution is 2.45. The van der Waals surface area contributed by atoms with Crippen LogP contribution < -0.4 is 11.2 Å². The van der Waals surface area contributed by atoms with Gasteiger partial charge in [0.15, 0.2) is 14.6 Å². The summed E-state index contributed by atoms with van der Waals surface area (Å²) in [6, 6.07) is 1.36. The number of nitrogens with zero attached hydrogens (tertiary/aromatic N) is 2. The lowest BCUT2D eigenvalue weighted by atomic mass is 10.1. The molecule has 1 unspecified atom stereocenters. The normalized spacial score (nSPS) is 17.5. The predicted octanol–water partition coefficient (Wildman–Crippen LogP) is 0.201. The molecule has 4 N–H and O–H groups in total. The van der Waals surface area contributed by atoms with E-state index in [1.165, 1.54) is 21.9 Å². The number of rotatable bonds is 7. The Morgan fingerprint density at radius 1 is 1.36 bits per heavy atom. The lowest BCUT2D eigenvalue weighted by molar-refractivity contribution is -0.131. The zero-order valence-electron chi connectivity index (χ0n) is 18.2. The van der Waals surface area contributed by atoms with Crippen LogP contribution in [0.15, 0.2) is 12.3 Å². The second-order valence-electron chi connectivity index (χ2n) is 8.38. The zero-order chi connectivity index (χ0) is 24.4. The van der Waals surface area contributed by atoms with Gasteiger partial charge >= 0.3 is 12.1 Å². The molecule has 1 aromatic rings. The molecule has 3 rings (SSSR count). The number of hydrogen-bond acceptors (Lipinski definition) is 7. The third-order valence-electron chi connectivity index (χ3n) is 5.93. The van der Waals surface area contributed by atoms with Gasteiger partial charge in [-0.1, -0.05) is 11.8 Å². The number of sulfone groups is 1. The molecule has 3 amide bonds. The maximum absolute atomic E-state index is 12.7. The summed E-state index contributed by atoms with van der Waals surface area (Å²) in [5.74, 6) is 10.3. The number of fused-ring (bicyclic) bond motifs is 1. The molecule has 2 heterocycles. The number of nitrogens with one attached hydrogen (secondary N) is 1. The first-order valence-corrected chi connectivity index (χ1v) is 11.9. The maximum atomic E-state index is 12.7. The van der Waals surface area contributed by atoms with E-state index in [1.807, 2.05) is 0 Å². The molecule has 0 spiro atoms. The summed E-state index contributed by atoms with van der Waals surface area (Å²) in [6.45, 7) is 1.56. The number of hydrogen-bond donors (Lipinski definition) is 3. The van der Waals surface area contributed by atoms with Crippen molar-refractivity contribution in [1.29, 1.82) is 0 Å². The van der Waals surface area contributed by atoms with Crippen molar-refractivity contribution in [2.75, 3.05) is 19.4 Å². The highest BCUT2D eigenvalue weighted by molar-refractivity contribution is 7.92. The lowest BCUT2D eigenvalue weighted by Gasteiger charge is -2.27. The molecule has 1 aliphatic carbocycles. The molecule has 0 bridgehead atoms. The monoisotopic (exact) mass is 476 g/mol. The highest BCUT2D eigenvalue weighted by Gasteiger charge is 2.44. The molecule has 0 aromatic carbocycles. The Morgan fingerprint density at radius 3 is 2.61 bits per heavy atom. The van der Waals surface area contributed by atoms with E-state index in [2.05, 4.69) is 23.7 Å². The number of carbonyl (C=O) groups is 3. The average Bonchev–Trinajstić information content (AvgIpc) is 3.32. The van der Waals surface area contributed by atoms with E-state index in [4.69, 9.17) is 15.7 Å².